The van der Waals surface area contributed by atoms with Crippen LogP contribution in [-0.2, 0) is 4.79 Å². The molecule has 2 heteroatoms. The van der Waals surface area contributed by atoms with E-state index in [1.807, 2.05) is 0 Å². The molecule has 0 fully saturated rings. The van der Waals surface area contributed by atoms with E-state index in [0.717, 1.165) is 19.1 Å². The van der Waals surface area contributed by atoms with Crippen LogP contribution in [0.5, 0.6) is 0 Å². The van der Waals surface area contributed by atoms with E-state index >= 15 is 0 Å². The van der Waals surface area contributed by atoms with Gasteiger partial charge in [0.15, 0.2) is 0 Å². The van der Waals surface area contributed by atoms with Crippen LogP contribution in [0.25, 0.3) is 0 Å². The van der Waals surface area contributed by atoms with E-state index in [1.54, 1.807) is 0 Å². The molecule has 0 bridgehead atoms. The fourth-order valence-electron chi connectivity index (χ4n) is 2.25. The van der Waals surface area contributed by atoms with Crippen molar-refractivity contribution in [2.45, 2.75) is 96.8 Å². The summed E-state index contributed by atoms with van der Waals surface area (Å²) in [4.78, 5) is 10.1. The Morgan fingerprint density at radius 2 is 0.944 bits per heavy atom. The van der Waals surface area contributed by atoms with Gasteiger partial charge in [0.1, 0.15) is 6.29 Å². The van der Waals surface area contributed by atoms with E-state index in [4.69, 9.17) is 0 Å². The second kappa shape index (κ2) is 20.0. The molecule has 0 aliphatic heterocycles. The number of rotatable bonds is 14. The van der Waals surface area contributed by atoms with Crippen LogP contribution in [0.15, 0.2) is 0 Å². The van der Waals surface area contributed by atoms with Crippen LogP contribution in [0.1, 0.15) is 96.8 Å². The van der Waals surface area contributed by atoms with Crippen molar-refractivity contribution in [1.82, 2.24) is 0 Å². The molecule has 0 N–H and O–H groups in total. The summed E-state index contributed by atoms with van der Waals surface area (Å²) in [6, 6.07) is 0. The Bertz CT molecular complexity index is 148. The van der Waals surface area contributed by atoms with Gasteiger partial charge in [0.05, 0.1) is 0 Å². The van der Waals surface area contributed by atoms with Gasteiger partial charge in [-0.25, -0.2) is 0 Å². The Balaban J connectivity index is 0. The van der Waals surface area contributed by atoms with Crippen molar-refractivity contribution in [2.24, 2.45) is 0 Å². The molecular weight excluding hydrogens is 231 g/mol. The third kappa shape index (κ3) is 19.0. The molecular formula is C16H33NaO. The second-order valence-corrected chi connectivity index (χ2v) is 5.20. The first-order valence-corrected chi connectivity index (χ1v) is 7.85. The maximum atomic E-state index is 10.1. The molecule has 0 radical (unpaired) electrons. The minimum absolute atomic E-state index is 0. The van der Waals surface area contributed by atoms with Gasteiger partial charge in [-0.15, -0.1) is 0 Å². The zero-order valence-corrected chi connectivity index (χ0v) is 11.9. The first-order valence-electron chi connectivity index (χ1n) is 7.85. The van der Waals surface area contributed by atoms with Gasteiger partial charge in [-0.3, -0.25) is 0 Å². The van der Waals surface area contributed by atoms with Crippen LogP contribution in [-0.4, -0.2) is 35.8 Å². The van der Waals surface area contributed by atoms with Crippen molar-refractivity contribution in [3.63, 3.8) is 0 Å². The predicted molar refractivity (Wildman–Crippen MR) is 83.5 cm³/mol. The fourth-order valence-corrected chi connectivity index (χ4v) is 2.25. The predicted octanol–water partition coefficient (Wildman–Crippen LogP) is 5.02. The van der Waals surface area contributed by atoms with Crippen molar-refractivity contribution in [1.29, 1.82) is 0 Å². The van der Waals surface area contributed by atoms with Crippen molar-refractivity contribution in [3.8, 4) is 0 Å². The number of hydrogen-bond acceptors (Lipinski definition) is 1. The Morgan fingerprint density at radius 1 is 0.611 bits per heavy atom. The summed E-state index contributed by atoms with van der Waals surface area (Å²) in [6.07, 6.45) is 19.6. The third-order valence-corrected chi connectivity index (χ3v) is 3.43. The van der Waals surface area contributed by atoms with Gasteiger partial charge in [0.2, 0.25) is 0 Å². The van der Waals surface area contributed by atoms with Gasteiger partial charge >= 0.3 is 29.6 Å². The zero-order valence-electron chi connectivity index (χ0n) is 11.9. The molecule has 0 aromatic carbocycles. The monoisotopic (exact) mass is 264 g/mol. The van der Waals surface area contributed by atoms with Crippen LogP contribution in [0, 0.1) is 0 Å². The van der Waals surface area contributed by atoms with Gasteiger partial charge in [0.25, 0.3) is 0 Å². The SMILES string of the molecule is CCCCCCCCCCCCCCCC=O.[NaH]. The standard InChI is InChI=1S/C16H32O.Na.H/c1-2-3-4-5-6-7-8-9-10-11-12-13-14-15-16-17;;/h16H,2-15H2,1H3;;. The molecule has 1 nitrogen and oxygen atoms in total. The molecule has 0 aromatic rings. The molecule has 0 saturated carbocycles. The Kier molecular flexibility index (Phi) is 23.3. The average molecular weight is 264 g/mol. The average Bonchev–Trinajstić information content (AvgIpc) is 2.35. The van der Waals surface area contributed by atoms with Gasteiger partial charge in [-0.05, 0) is 6.42 Å². The molecule has 0 spiro atoms. The van der Waals surface area contributed by atoms with Crippen LogP contribution < -0.4 is 0 Å². The fraction of sp³-hybridized carbons (Fsp3) is 0.938. The van der Waals surface area contributed by atoms with Crippen molar-refractivity contribution in [2.75, 3.05) is 0 Å². The molecule has 0 unspecified atom stereocenters. The number of carbonyl (C=O) groups excluding carboxylic acids is 1. The first kappa shape index (κ1) is 21.0. The van der Waals surface area contributed by atoms with Crippen molar-refractivity contribution in [3.05, 3.63) is 0 Å². The second-order valence-electron chi connectivity index (χ2n) is 5.20. The van der Waals surface area contributed by atoms with Crippen LogP contribution in [0.3, 0.4) is 0 Å². The van der Waals surface area contributed by atoms with E-state index in [0.29, 0.717) is 0 Å². The summed E-state index contributed by atoms with van der Waals surface area (Å²) in [5, 5.41) is 0. The summed E-state index contributed by atoms with van der Waals surface area (Å²) in [6.45, 7) is 2.27. The molecule has 0 rings (SSSR count). The Labute approximate surface area is 137 Å². The zero-order chi connectivity index (χ0) is 12.6. The van der Waals surface area contributed by atoms with Crippen LogP contribution in [0.2, 0.25) is 0 Å². The van der Waals surface area contributed by atoms with Crippen molar-refractivity contribution < 1.29 is 4.79 Å². The summed E-state index contributed by atoms with van der Waals surface area (Å²) in [5.74, 6) is 0. The summed E-state index contributed by atoms with van der Waals surface area (Å²) in [7, 11) is 0. The topological polar surface area (TPSA) is 17.1 Å². The molecule has 0 aromatic heterocycles. The van der Waals surface area contributed by atoms with Gasteiger partial charge in [0, 0.05) is 6.42 Å². The van der Waals surface area contributed by atoms with Gasteiger partial charge in [-0.2, -0.15) is 0 Å². The van der Waals surface area contributed by atoms with E-state index in [2.05, 4.69) is 6.92 Å². The number of aldehydes is 1. The number of carbonyl (C=O) groups is 1. The minimum atomic E-state index is 0. The quantitative estimate of drug-likeness (QED) is 0.245. The van der Waals surface area contributed by atoms with E-state index in [1.165, 1.54) is 77.0 Å². The molecule has 18 heavy (non-hydrogen) atoms. The molecule has 0 aliphatic carbocycles. The summed E-state index contributed by atoms with van der Waals surface area (Å²) < 4.78 is 0. The molecule has 0 heterocycles. The summed E-state index contributed by atoms with van der Waals surface area (Å²) >= 11 is 0. The maximum absolute atomic E-state index is 10.1. The molecule has 0 aliphatic rings. The third-order valence-electron chi connectivity index (χ3n) is 3.43. The van der Waals surface area contributed by atoms with Crippen LogP contribution >= 0.6 is 0 Å². The van der Waals surface area contributed by atoms with E-state index < -0.39 is 0 Å². The number of hydrogen-bond donors (Lipinski definition) is 0. The summed E-state index contributed by atoms with van der Waals surface area (Å²) in [5.41, 5.74) is 0. The van der Waals surface area contributed by atoms with Gasteiger partial charge in [-0.1, -0.05) is 84.0 Å². The molecule has 0 saturated heterocycles. The van der Waals surface area contributed by atoms with Crippen molar-refractivity contribution >= 4 is 35.8 Å². The van der Waals surface area contributed by atoms with Crippen LogP contribution in [0.4, 0.5) is 0 Å². The van der Waals surface area contributed by atoms with Gasteiger partial charge < -0.3 is 4.79 Å². The normalized spacial score (nSPS) is 10.1. The van der Waals surface area contributed by atoms with E-state index in [-0.39, 0.29) is 29.6 Å². The molecule has 0 amide bonds. The molecule has 104 valence electrons. The number of unbranched alkanes of at least 4 members (excludes halogenated alkanes) is 13. The van der Waals surface area contributed by atoms with E-state index in [9.17, 15) is 4.79 Å². The molecule has 0 atom stereocenters. The Hall–Kier alpha value is 0.670. The first-order chi connectivity index (χ1) is 8.41. The Morgan fingerprint density at radius 3 is 1.28 bits per heavy atom.